The normalized spacial score (nSPS) is 14.8. The fourth-order valence-corrected chi connectivity index (χ4v) is 2.39. The van der Waals surface area contributed by atoms with E-state index >= 15 is 0 Å². The quantitative estimate of drug-likeness (QED) is 0.558. The predicted molar refractivity (Wildman–Crippen MR) is 81.8 cm³/mol. The molecule has 0 aliphatic heterocycles. The van der Waals surface area contributed by atoms with E-state index in [1.807, 2.05) is 0 Å². The molecule has 0 saturated heterocycles. The van der Waals surface area contributed by atoms with Crippen molar-refractivity contribution in [2.45, 2.75) is 52.1 Å². The molecule has 1 N–H and O–H groups in total. The van der Waals surface area contributed by atoms with Crippen LogP contribution in [0, 0.1) is 0 Å². The first-order valence-electron chi connectivity index (χ1n) is 7.64. The Kier molecular flexibility index (Phi) is 12.7. The van der Waals surface area contributed by atoms with Crippen LogP contribution in [-0.2, 0) is 9.47 Å². The van der Waals surface area contributed by atoms with Gasteiger partial charge in [0.15, 0.2) is 0 Å². The van der Waals surface area contributed by atoms with E-state index in [0.29, 0.717) is 12.1 Å². The molecule has 0 bridgehead atoms. The van der Waals surface area contributed by atoms with E-state index in [-0.39, 0.29) is 0 Å². The minimum Gasteiger partial charge on any atom is -0.383 e. The van der Waals surface area contributed by atoms with Gasteiger partial charge in [0.1, 0.15) is 0 Å². The van der Waals surface area contributed by atoms with Crippen molar-refractivity contribution >= 4 is 0 Å². The number of ether oxygens (including phenoxy) is 2. The summed E-state index contributed by atoms with van der Waals surface area (Å²) < 4.78 is 10.4. The van der Waals surface area contributed by atoms with Gasteiger partial charge in [0.25, 0.3) is 0 Å². The molecule has 0 aromatic rings. The zero-order chi connectivity index (χ0) is 14.5. The second-order valence-electron chi connectivity index (χ2n) is 5.14. The average Bonchev–Trinajstić information content (AvgIpc) is 2.41. The Morgan fingerprint density at radius 1 is 1.11 bits per heavy atom. The van der Waals surface area contributed by atoms with Crippen molar-refractivity contribution in [3.05, 3.63) is 0 Å². The highest BCUT2D eigenvalue weighted by molar-refractivity contribution is 4.70. The Labute approximate surface area is 119 Å². The van der Waals surface area contributed by atoms with Crippen molar-refractivity contribution in [3.63, 3.8) is 0 Å². The van der Waals surface area contributed by atoms with Gasteiger partial charge in [0.2, 0.25) is 0 Å². The summed E-state index contributed by atoms with van der Waals surface area (Å²) in [5.74, 6) is 0. The molecule has 2 unspecified atom stereocenters. The maximum atomic E-state index is 5.26. The van der Waals surface area contributed by atoms with E-state index in [1.165, 1.54) is 19.3 Å². The molecule has 4 nitrogen and oxygen atoms in total. The highest BCUT2D eigenvalue weighted by Gasteiger charge is 2.14. The van der Waals surface area contributed by atoms with Crippen LogP contribution in [0.3, 0.4) is 0 Å². The second kappa shape index (κ2) is 12.9. The Balaban J connectivity index is 4.02. The first-order chi connectivity index (χ1) is 9.19. The van der Waals surface area contributed by atoms with Crippen LogP contribution in [0.5, 0.6) is 0 Å². The van der Waals surface area contributed by atoms with Crippen molar-refractivity contribution in [2.75, 3.05) is 47.1 Å². The van der Waals surface area contributed by atoms with E-state index < -0.39 is 0 Å². The van der Waals surface area contributed by atoms with Gasteiger partial charge in [-0.15, -0.1) is 0 Å². The lowest BCUT2D eigenvalue weighted by Crippen LogP contribution is -2.39. The molecule has 2 atom stereocenters. The lowest BCUT2D eigenvalue weighted by atomic mass is 10.1. The Hall–Kier alpha value is -0.160. The van der Waals surface area contributed by atoms with Crippen LogP contribution in [0.25, 0.3) is 0 Å². The largest absolute Gasteiger partial charge is 0.383 e. The fraction of sp³-hybridized carbons (Fsp3) is 1.00. The fourth-order valence-electron chi connectivity index (χ4n) is 2.39. The summed E-state index contributed by atoms with van der Waals surface area (Å²) in [5.41, 5.74) is 0. The molecule has 0 saturated carbocycles. The van der Waals surface area contributed by atoms with Gasteiger partial charge in [-0.1, -0.05) is 13.8 Å². The summed E-state index contributed by atoms with van der Waals surface area (Å²) in [6.45, 7) is 11.4. The Morgan fingerprint density at radius 2 is 1.84 bits per heavy atom. The highest BCUT2D eigenvalue weighted by Crippen LogP contribution is 2.06. The van der Waals surface area contributed by atoms with Crippen LogP contribution >= 0.6 is 0 Å². The van der Waals surface area contributed by atoms with E-state index in [0.717, 1.165) is 32.8 Å². The van der Waals surface area contributed by atoms with Crippen LogP contribution < -0.4 is 5.32 Å². The minimum absolute atomic E-state index is 0.458. The van der Waals surface area contributed by atoms with Crippen molar-refractivity contribution in [3.8, 4) is 0 Å². The molecule has 0 heterocycles. The number of rotatable bonds is 13. The molecule has 0 aromatic heterocycles. The zero-order valence-electron chi connectivity index (χ0n) is 13.6. The molecule has 0 rings (SSSR count). The third-order valence-corrected chi connectivity index (χ3v) is 3.60. The van der Waals surface area contributed by atoms with E-state index in [2.05, 4.69) is 31.0 Å². The van der Waals surface area contributed by atoms with Crippen LogP contribution in [0.1, 0.15) is 40.0 Å². The van der Waals surface area contributed by atoms with Crippen molar-refractivity contribution < 1.29 is 9.47 Å². The van der Waals surface area contributed by atoms with Crippen molar-refractivity contribution in [1.29, 1.82) is 0 Å². The third-order valence-electron chi connectivity index (χ3n) is 3.60. The summed E-state index contributed by atoms with van der Waals surface area (Å²) in [7, 11) is 3.53. The van der Waals surface area contributed by atoms with Gasteiger partial charge in [-0.3, -0.25) is 4.90 Å². The van der Waals surface area contributed by atoms with Crippen LogP contribution in [-0.4, -0.2) is 64.1 Å². The Bertz CT molecular complexity index is 191. The topological polar surface area (TPSA) is 33.7 Å². The molecular formula is C15H34N2O2. The summed E-state index contributed by atoms with van der Waals surface area (Å²) in [6.07, 6.45) is 3.68. The molecule has 0 fully saturated rings. The lowest BCUT2D eigenvalue weighted by molar-refractivity contribution is 0.0735. The first-order valence-corrected chi connectivity index (χ1v) is 7.64. The maximum Gasteiger partial charge on any atom is 0.0615 e. The van der Waals surface area contributed by atoms with Crippen molar-refractivity contribution in [2.24, 2.45) is 0 Å². The molecule has 4 heteroatoms. The van der Waals surface area contributed by atoms with Gasteiger partial charge in [-0.25, -0.2) is 0 Å². The van der Waals surface area contributed by atoms with Gasteiger partial charge in [-0.2, -0.15) is 0 Å². The van der Waals surface area contributed by atoms with Gasteiger partial charge < -0.3 is 14.8 Å². The maximum absolute atomic E-state index is 5.26. The van der Waals surface area contributed by atoms with Crippen LogP contribution in [0.2, 0.25) is 0 Å². The van der Waals surface area contributed by atoms with E-state index in [4.69, 9.17) is 9.47 Å². The molecular weight excluding hydrogens is 240 g/mol. The number of nitrogens with zero attached hydrogens (tertiary/aromatic N) is 1. The number of methoxy groups -OCH3 is 2. The number of nitrogens with one attached hydrogen (secondary N) is 1. The molecule has 0 radical (unpaired) electrons. The molecule has 0 aliphatic rings. The van der Waals surface area contributed by atoms with E-state index in [1.54, 1.807) is 14.2 Å². The Morgan fingerprint density at radius 3 is 2.37 bits per heavy atom. The lowest BCUT2D eigenvalue weighted by Gasteiger charge is -2.29. The first kappa shape index (κ1) is 18.8. The summed E-state index contributed by atoms with van der Waals surface area (Å²) >= 11 is 0. The van der Waals surface area contributed by atoms with Crippen molar-refractivity contribution in [1.82, 2.24) is 10.2 Å². The van der Waals surface area contributed by atoms with Gasteiger partial charge in [0.05, 0.1) is 13.2 Å². The molecule has 0 aromatic carbocycles. The minimum atomic E-state index is 0.458. The molecule has 0 aliphatic carbocycles. The van der Waals surface area contributed by atoms with Crippen LogP contribution in [0.4, 0.5) is 0 Å². The molecule has 19 heavy (non-hydrogen) atoms. The predicted octanol–water partition coefficient (Wildman–Crippen LogP) is 2.14. The number of hydrogen-bond acceptors (Lipinski definition) is 4. The average molecular weight is 274 g/mol. The standard InChI is InChI=1S/C15H34N2O2/c1-6-15(16-7-2)9-8-10-17(11-12-18-4)14(3)13-19-5/h14-16H,6-13H2,1-5H3. The summed E-state index contributed by atoms with van der Waals surface area (Å²) in [4.78, 5) is 2.46. The second-order valence-corrected chi connectivity index (χ2v) is 5.14. The number of hydrogen-bond donors (Lipinski definition) is 1. The van der Waals surface area contributed by atoms with E-state index in [9.17, 15) is 0 Å². The smallest absolute Gasteiger partial charge is 0.0615 e. The monoisotopic (exact) mass is 274 g/mol. The molecule has 116 valence electrons. The molecule has 0 spiro atoms. The summed E-state index contributed by atoms with van der Waals surface area (Å²) in [5, 5.41) is 3.54. The highest BCUT2D eigenvalue weighted by atomic mass is 16.5. The molecule has 0 amide bonds. The summed E-state index contributed by atoms with van der Waals surface area (Å²) in [6, 6.07) is 1.12. The van der Waals surface area contributed by atoms with Gasteiger partial charge in [0, 0.05) is 32.8 Å². The van der Waals surface area contributed by atoms with Gasteiger partial charge >= 0.3 is 0 Å². The SMILES string of the molecule is CCNC(CC)CCCN(CCOC)C(C)COC. The van der Waals surface area contributed by atoms with Crippen LogP contribution in [0.15, 0.2) is 0 Å². The third kappa shape index (κ3) is 9.38. The van der Waals surface area contributed by atoms with Gasteiger partial charge in [-0.05, 0) is 39.3 Å². The zero-order valence-corrected chi connectivity index (χ0v) is 13.6.